The quantitative estimate of drug-likeness (QED) is 0.907. The molecule has 1 fully saturated rings. The van der Waals surface area contributed by atoms with E-state index < -0.39 is 0 Å². The van der Waals surface area contributed by atoms with Gasteiger partial charge in [0.15, 0.2) is 0 Å². The van der Waals surface area contributed by atoms with Gasteiger partial charge in [0.25, 0.3) is 0 Å². The molecular weight excluding hydrogens is 236 g/mol. The maximum atomic E-state index is 5.81. The molecule has 2 heterocycles. The van der Waals surface area contributed by atoms with Gasteiger partial charge in [-0.15, -0.1) is 0 Å². The molecule has 1 aromatic rings. The van der Waals surface area contributed by atoms with Gasteiger partial charge in [-0.05, 0) is 25.8 Å². The van der Waals surface area contributed by atoms with Crippen LogP contribution in [0, 0.1) is 5.92 Å². The molecule has 19 heavy (non-hydrogen) atoms. The van der Waals surface area contributed by atoms with Gasteiger partial charge in [0, 0.05) is 43.4 Å². The SMILES string of the molecule is CC1CC(CN)CN1Cc1cn(C)nc1C(C)(C)C. The molecule has 0 aromatic carbocycles. The molecule has 4 nitrogen and oxygen atoms in total. The van der Waals surface area contributed by atoms with E-state index >= 15 is 0 Å². The van der Waals surface area contributed by atoms with E-state index in [1.807, 2.05) is 11.7 Å². The predicted molar refractivity (Wildman–Crippen MR) is 78.9 cm³/mol. The molecule has 1 aliphatic rings. The summed E-state index contributed by atoms with van der Waals surface area (Å²) in [5, 5.41) is 4.65. The van der Waals surface area contributed by atoms with Crippen LogP contribution in [0.25, 0.3) is 0 Å². The summed E-state index contributed by atoms with van der Waals surface area (Å²) in [6, 6.07) is 0.626. The Morgan fingerprint density at radius 2 is 2.11 bits per heavy atom. The average Bonchev–Trinajstić information content (AvgIpc) is 2.83. The van der Waals surface area contributed by atoms with Gasteiger partial charge in [-0.3, -0.25) is 9.58 Å². The predicted octanol–water partition coefficient (Wildman–Crippen LogP) is 1.89. The Labute approximate surface area is 117 Å². The Bertz CT molecular complexity index is 430. The molecule has 2 unspecified atom stereocenters. The van der Waals surface area contributed by atoms with E-state index in [2.05, 4.69) is 43.9 Å². The number of hydrogen-bond donors (Lipinski definition) is 1. The van der Waals surface area contributed by atoms with Crippen molar-refractivity contribution in [2.24, 2.45) is 18.7 Å². The standard InChI is InChI=1S/C15H28N4/c1-11-6-12(7-16)8-19(11)10-13-9-18(5)17-14(13)15(2,3)4/h9,11-12H,6-8,10,16H2,1-5H3. The fourth-order valence-electron chi connectivity index (χ4n) is 3.11. The second-order valence-electron chi connectivity index (χ2n) is 7.04. The van der Waals surface area contributed by atoms with Crippen molar-refractivity contribution in [3.05, 3.63) is 17.5 Å². The lowest BCUT2D eigenvalue weighted by molar-refractivity contribution is 0.254. The highest BCUT2D eigenvalue weighted by molar-refractivity contribution is 5.24. The van der Waals surface area contributed by atoms with Crippen molar-refractivity contribution in [3.63, 3.8) is 0 Å². The van der Waals surface area contributed by atoms with Gasteiger partial charge in [-0.2, -0.15) is 5.10 Å². The monoisotopic (exact) mass is 264 g/mol. The van der Waals surface area contributed by atoms with Crippen molar-refractivity contribution >= 4 is 0 Å². The highest BCUT2D eigenvalue weighted by Gasteiger charge is 2.30. The van der Waals surface area contributed by atoms with Gasteiger partial charge in [0.05, 0.1) is 5.69 Å². The number of nitrogens with two attached hydrogens (primary N) is 1. The van der Waals surface area contributed by atoms with Gasteiger partial charge in [0.2, 0.25) is 0 Å². The van der Waals surface area contributed by atoms with Crippen LogP contribution in [-0.4, -0.2) is 33.8 Å². The Morgan fingerprint density at radius 1 is 1.42 bits per heavy atom. The summed E-state index contributed by atoms with van der Waals surface area (Å²) < 4.78 is 1.94. The summed E-state index contributed by atoms with van der Waals surface area (Å²) >= 11 is 0. The molecule has 0 radical (unpaired) electrons. The molecule has 0 spiro atoms. The third-order valence-electron chi connectivity index (χ3n) is 4.11. The minimum atomic E-state index is 0.104. The first kappa shape index (κ1) is 14.5. The van der Waals surface area contributed by atoms with Crippen LogP contribution in [0.5, 0.6) is 0 Å². The maximum absolute atomic E-state index is 5.81. The van der Waals surface area contributed by atoms with Gasteiger partial charge in [-0.25, -0.2) is 0 Å². The molecule has 2 N–H and O–H groups in total. The lowest BCUT2D eigenvalue weighted by Gasteiger charge is -2.23. The third kappa shape index (κ3) is 3.18. The van der Waals surface area contributed by atoms with Crippen LogP contribution in [0.4, 0.5) is 0 Å². The van der Waals surface area contributed by atoms with Crippen molar-refractivity contribution in [1.29, 1.82) is 0 Å². The molecule has 4 heteroatoms. The second kappa shape index (κ2) is 5.25. The average molecular weight is 264 g/mol. The van der Waals surface area contributed by atoms with Gasteiger partial charge >= 0.3 is 0 Å². The first-order valence-corrected chi connectivity index (χ1v) is 7.28. The zero-order chi connectivity index (χ0) is 14.2. The number of rotatable bonds is 3. The molecule has 0 amide bonds. The van der Waals surface area contributed by atoms with Gasteiger partial charge in [0.1, 0.15) is 0 Å². The summed E-state index contributed by atoms with van der Waals surface area (Å²) in [6.07, 6.45) is 3.39. The summed E-state index contributed by atoms with van der Waals surface area (Å²) in [7, 11) is 2.01. The van der Waals surface area contributed by atoms with Crippen molar-refractivity contribution in [3.8, 4) is 0 Å². The lowest BCUT2D eigenvalue weighted by Crippen LogP contribution is -2.28. The van der Waals surface area contributed by atoms with Crippen LogP contribution >= 0.6 is 0 Å². The molecular formula is C15H28N4. The Balaban J connectivity index is 2.16. The first-order chi connectivity index (χ1) is 8.81. The number of hydrogen-bond acceptors (Lipinski definition) is 3. The van der Waals surface area contributed by atoms with E-state index in [4.69, 9.17) is 5.73 Å². The van der Waals surface area contributed by atoms with Crippen LogP contribution in [0.2, 0.25) is 0 Å². The maximum Gasteiger partial charge on any atom is 0.0722 e. The largest absolute Gasteiger partial charge is 0.330 e. The fraction of sp³-hybridized carbons (Fsp3) is 0.800. The lowest BCUT2D eigenvalue weighted by atomic mass is 9.89. The van der Waals surface area contributed by atoms with Crippen molar-refractivity contribution in [2.45, 2.75) is 52.1 Å². The Hall–Kier alpha value is -0.870. The topological polar surface area (TPSA) is 47.1 Å². The number of aromatic nitrogens is 2. The van der Waals surface area contributed by atoms with E-state index in [-0.39, 0.29) is 5.41 Å². The molecule has 2 atom stereocenters. The zero-order valence-electron chi connectivity index (χ0n) is 13.0. The highest BCUT2D eigenvalue weighted by Crippen LogP contribution is 2.29. The fourth-order valence-corrected chi connectivity index (χ4v) is 3.11. The summed E-state index contributed by atoms with van der Waals surface area (Å²) in [4.78, 5) is 2.55. The number of aryl methyl sites for hydroxylation is 1. The Morgan fingerprint density at radius 3 is 2.63 bits per heavy atom. The highest BCUT2D eigenvalue weighted by atomic mass is 15.3. The van der Waals surface area contributed by atoms with Crippen LogP contribution in [0.15, 0.2) is 6.20 Å². The smallest absolute Gasteiger partial charge is 0.0722 e. The minimum Gasteiger partial charge on any atom is -0.330 e. The van der Waals surface area contributed by atoms with Crippen molar-refractivity contribution < 1.29 is 0 Å². The molecule has 0 saturated carbocycles. The zero-order valence-corrected chi connectivity index (χ0v) is 13.0. The molecule has 0 bridgehead atoms. The van der Waals surface area contributed by atoms with Crippen LogP contribution in [-0.2, 0) is 19.0 Å². The molecule has 1 saturated heterocycles. The van der Waals surface area contributed by atoms with Crippen LogP contribution < -0.4 is 5.73 Å². The minimum absolute atomic E-state index is 0.104. The Kier molecular flexibility index (Phi) is 4.02. The van der Waals surface area contributed by atoms with Crippen LogP contribution in [0.3, 0.4) is 0 Å². The molecule has 0 aliphatic carbocycles. The molecule has 108 valence electrons. The van der Waals surface area contributed by atoms with Crippen LogP contribution in [0.1, 0.15) is 45.4 Å². The van der Waals surface area contributed by atoms with Gasteiger partial charge in [-0.1, -0.05) is 20.8 Å². The van der Waals surface area contributed by atoms with Gasteiger partial charge < -0.3 is 5.73 Å². The van der Waals surface area contributed by atoms with E-state index in [0.29, 0.717) is 12.0 Å². The second-order valence-corrected chi connectivity index (χ2v) is 7.04. The van der Waals surface area contributed by atoms with E-state index in [1.165, 1.54) is 17.7 Å². The molecule has 1 aliphatic heterocycles. The van der Waals surface area contributed by atoms with Crippen molar-refractivity contribution in [1.82, 2.24) is 14.7 Å². The van der Waals surface area contributed by atoms with Crippen molar-refractivity contribution in [2.75, 3.05) is 13.1 Å². The molecule has 2 rings (SSSR count). The van der Waals surface area contributed by atoms with E-state index in [0.717, 1.165) is 19.6 Å². The first-order valence-electron chi connectivity index (χ1n) is 7.28. The summed E-state index contributed by atoms with van der Waals surface area (Å²) in [6.45, 7) is 11.9. The summed E-state index contributed by atoms with van der Waals surface area (Å²) in [5.41, 5.74) is 8.50. The summed E-state index contributed by atoms with van der Waals surface area (Å²) in [5.74, 6) is 0.657. The van der Waals surface area contributed by atoms with E-state index in [1.54, 1.807) is 0 Å². The van der Waals surface area contributed by atoms with E-state index in [9.17, 15) is 0 Å². The third-order valence-corrected chi connectivity index (χ3v) is 4.11. The molecule has 1 aromatic heterocycles. The number of nitrogens with zero attached hydrogens (tertiary/aromatic N) is 3. The number of likely N-dealkylation sites (tertiary alicyclic amines) is 1. The normalized spacial score (nSPS) is 25.2.